The summed E-state index contributed by atoms with van der Waals surface area (Å²) in [7, 11) is 0. The molecule has 0 aromatic heterocycles. The largest absolute Gasteiger partial charge is 0.327 e. The van der Waals surface area contributed by atoms with Gasteiger partial charge in [-0.15, -0.1) is 0 Å². The zero-order valence-corrected chi connectivity index (χ0v) is 10.5. The van der Waals surface area contributed by atoms with Crippen LogP contribution in [0.25, 0.3) is 0 Å². The molecule has 1 aromatic rings. The molecule has 1 aromatic carbocycles. The molecule has 0 radical (unpaired) electrons. The number of hydrogen-bond acceptors (Lipinski definition) is 2. The highest BCUT2D eigenvalue weighted by Crippen LogP contribution is 2.23. The number of anilines is 1. The second kappa shape index (κ2) is 5.32. The molecule has 88 valence electrons. The maximum Gasteiger partial charge on any atom is 0.228 e. The Hall–Kier alpha value is -1.06. The first kappa shape index (κ1) is 13.0. The van der Waals surface area contributed by atoms with Crippen LogP contribution in [0.3, 0.4) is 0 Å². The van der Waals surface area contributed by atoms with Crippen LogP contribution in [0.15, 0.2) is 18.2 Å². The number of nitrogens with one attached hydrogen (secondary N) is 1. The second-order valence-corrected chi connectivity index (χ2v) is 4.53. The SMILES string of the molecule is Cc1ccc(NC(=O)C(C)C(C)N)c(Cl)c1. The molecule has 3 N–H and O–H groups in total. The summed E-state index contributed by atoms with van der Waals surface area (Å²) in [5, 5.41) is 3.31. The third kappa shape index (κ3) is 3.22. The second-order valence-electron chi connectivity index (χ2n) is 4.12. The number of halogens is 1. The average molecular weight is 241 g/mol. The summed E-state index contributed by atoms with van der Waals surface area (Å²) in [5.41, 5.74) is 7.35. The van der Waals surface area contributed by atoms with Gasteiger partial charge in [-0.25, -0.2) is 0 Å². The predicted octanol–water partition coefficient (Wildman–Crippen LogP) is 2.57. The molecule has 0 bridgehead atoms. The Bertz CT molecular complexity index is 391. The molecule has 1 amide bonds. The van der Waals surface area contributed by atoms with Crippen molar-refractivity contribution in [1.82, 2.24) is 0 Å². The Labute approximate surface area is 101 Å². The van der Waals surface area contributed by atoms with Gasteiger partial charge < -0.3 is 11.1 Å². The quantitative estimate of drug-likeness (QED) is 0.853. The van der Waals surface area contributed by atoms with Gasteiger partial charge in [-0.05, 0) is 31.5 Å². The smallest absolute Gasteiger partial charge is 0.228 e. The fourth-order valence-electron chi connectivity index (χ4n) is 1.21. The molecule has 0 aliphatic heterocycles. The molecule has 2 atom stereocenters. The number of amides is 1. The monoisotopic (exact) mass is 240 g/mol. The lowest BCUT2D eigenvalue weighted by Crippen LogP contribution is -2.34. The van der Waals surface area contributed by atoms with Gasteiger partial charge in [0.15, 0.2) is 0 Å². The third-order valence-corrected chi connectivity index (χ3v) is 2.90. The Morgan fingerprint density at radius 2 is 2.06 bits per heavy atom. The Morgan fingerprint density at radius 3 is 2.56 bits per heavy atom. The third-order valence-electron chi connectivity index (χ3n) is 2.58. The van der Waals surface area contributed by atoms with E-state index in [4.69, 9.17) is 17.3 Å². The molecule has 16 heavy (non-hydrogen) atoms. The molecule has 3 nitrogen and oxygen atoms in total. The molecule has 4 heteroatoms. The number of aryl methyl sites for hydroxylation is 1. The van der Waals surface area contributed by atoms with Crippen molar-refractivity contribution in [3.63, 3.8) is 0 Å². The first-order valence-corrected chi connectivity index (χ1v) is 5.62. The lowest BCUT2D eigenvalue weighted by Gasteiger charge is -2.16. The summed E-state index contributed by atoms with van der Waals surface area (Å²) in [5.74, 6) is -0.349. The molecule has 1 rings (SSSR count). The Kier molecular flexibility index (Phi) is 4.33. The maximum atomic E-state index is 11.7. The van der Waals surface area contributed by atoms with E-state index < -0.39 is 0 Å². The first-order valence-electron chi connectivity index (χ1n) is 5.24. The normalized spacial score (nSPS) is 14.3. The van der Waals surface area contributed by atoms with Crippen LogP contribution < -0.4 is 11.1 Å². The van der Waals surface area contributed by atoms with Crippen molar-refractivity contribution in [1.29, 1.82) is 0 Å². The topological polar surface area (TPSA) is 55.1 Å². The number of rotatable bonds is 3. The lowest BCUT2D eigenvalue weighted by molar-refractivity contribution is -0.119. The van der Waals surface area contributed by atoms with Gasteiger partial charge in [-0.1, -0.05) is 24.6 Å². The molecule has 0 saturated carbocycles. The zero-order valence-electron chi connectivity index (χ0n) is 9.75. The van der Waals surface area contributed by atoms with E-state index in [1.54, 1.807) is 19.9 Å². The summed E-state index contributed by atoms with van der Waals surface area (Å²) in [6.07, 6.45) is 0. The number of hydrogen-bond donors (Lipinski definition) is 2. The molecule has 0 spiro atoms. The summed E-state index contributed by atoms with van der Waals surface area (Å²) >= 11 is 6.01. The number of nitrogens with two attached hydrogens (primary N) is 1. The van der Waals surface area contributed by atoms with Crippen LogP contribution in [-0.2, 0) is 4.79 Å². The van der Waals surface area contributed by atoms with Gasteiger partial charge in [0.1, 0.15) is 0 Å². The highest BCUT2D eigenvalue weighted by atomic mass is 35.5. The van der Waals surface area contributed by atoms with E-state index >= 15 is 0 Å². The number of carbonyl (C=O) groups excluding carboxylic acids is 1. The predicted molar refractivity (Wildman–Crippen MR) is 67.6 cm³/mol. The maximum absolute atomic E-state index is 11.7. The highest BCUT2D eigenvalue weighted by molar-refractivity contribution is 6.33. The van der Waals surface area contributed by atoms with Crippen molar-refractivity contribution in [3.8, 4) is 0 Å². The molecule has 2 unspecified atom stereocenters. The van der Waals surface area contributed by atoms with Crippen molar-refractivity contribution in [2.75, 3.05) is 5.32 Å². The van der Waals surface area contributed by atoms with Gasteiger partial charge in [-0.2, -0.15) is 0 Å². The minimum atomic E-state index is -0.239. The van der Waals surface area contributed by atoms with Crippen LogP contribution in [-0.4, -0.2) is 11.9 Å². The minimum Gasteiger partial charge on any atom is -0.327 e. The van der Waals surface area contributed by atoms with Crippen LogP contribution in [0, 0.1) is 12.8 Å². The van der Waals surface area contributed by atoms with E-state index in [-0.39, 0.29) is 17.9 Å². The number of carbonyl (C=O) groups is 1. The first-order chi connectivity index (χ1) is 7.41. The molecule has 0 saturated heterocycles. The van der Waals surface area contributed by atoms with E-state index in [1.807, 2.05) is 19.1 Å². The molecular formula is C12H17ClN2O. The Morgan fingerprint density at radius 1 is 1.44 bits per heavy atom. The summed E-state index contributed by atoms with van der Waals surface area (Å²) < 4.78 is 0. The summed E-state index contributed by atoms with van der Waals surface area (Å²) in [4.78, 5) is 11.7. The van der Waals surface area contributed by atoms with E-state index in [9.17, 15) is 4.79 Å². The van der Waals surface area contributed by atoms with Gasteiger partial charge in [0.2, 0.25) is 5.91 Å². The van der Waals surface area contributed by atoms with Gasteiger partial charge in [0, 0.05) is 6.04 Å². The van der Waals surface area contributed by atoms with E-state index in [2.05, 4.69) is 5.32 Å². The molecule has 0 aliphatic rings. The van der Waals surface area contributed by atoms with Gasteiger partial charge >= 0.3 is 0 Å². The lowest BCUT2D eigenvalue weighted by atomic mass is 10.0. The summed E-state index contributed by atoms with van der Waals surface area (Å²) in [6.45, 7) is 5.55. The fraction of sp³-hybridized carbons (Fsp3) is 0.417. The van der Waals surface area contributed by atoms with Crippen LogP contribution >= 0.6 is 11.6 Å². The molecule has 0 fully saturated rings. The van der Waals surface area contributed by atoms with Crippen molar-refractivity contribution < 1.29 is 4.79 Å². The molecule has 0 aliphatic carbocycles. The molecular weight excluding hydrogens is 224 g/mol. The van der Waals surface area contributed by atoms with Gasteiger partial charge in [0.05, 0.1) is 16.6 Å². The van der Waals surface area contributed by atoms with Crippen molar-refractivity contribution in [2.45, 2.75) is 26.8 Å². The van der Waals surface area contributed by atoms with Crippen LogP contribution in [0.4, 0.5) is 5.69 Å². The summed E-state index contributed by atoms with van der Waals surface area (Å²) in [6, 6.07) is 5.33. The van der Waals surface area contributed by atoms with Crippen LogP contribution in [0.5, 0.6) is 0 Å². The zero-order chi connectivity index (χ0) is 12.3. The van der Waals surface area contributed by atoms with Crippen molar-refractivity contribution in [3.05, 3.63) is 28.8 Å². The van der Waals surface area contributed by atoms with Crippen LogP contribution in [0.1, 0.15) is 19.4 Å². The minimum absolute atomic E-state index is 0.110. The van der Waals surface area contributed by atoms with Gasteiger partial charge in [0.25, 0.3) is 0 Å². The standard InChI is InChI=1S/C12H17ClN2O/c1-7-4-5-11(10(13)6-7)15-12(16)8(2)9(3)14/h4-6,8-9H,14H2,1-3H3,(H,15,16). The Balaban J connectivity index is 2.77. The van der Waals surface area contributed by atoms with Gasteiger partial charge in [-0.3, -0.25) is 4.79 Å². The van der Waals surface area contributed by atoms with Crippen LogP contribution in [0.2, 0.25) is 5.02 Å². The van der Waals surface area contributed by atoms with E-state index in [0.29, 0.717) is 10.7 Å². The number of benzene rings is 1. The van der Waals surface area contributed by atoms with Crippen molar-refractivity contribution >= 4 is 23.2 Å². The molecule has 0 heterocycles. The van der Waals surface area contributed by atoms with Crippen molar-refractivity contribution in [2.24, 2.45) is 11.7 Å². The van der Waals surface area contributed by atoms with E-state index in [1.165, 1.54) is 0 Å². The average Bonchev–Trinajstić information content (AvgIpc) is 2.20. The van der Waals surface area contributed by atoms with E-state index in [0.717, 1.165) is 5.56 Å². The highest BCUT2D eigenvalue weighted by Gasteiger charge is 2.17. The fourth-order valence-corrected chi connectivity index (χ4v) is 1.49.